The summed E-state index contributed by atoms with van der Waals surface area (Å²) in [7, 11) is 2.83. The van der Waals surface area contributed by atoms with Gasteiger partial charge in [0.1, 0.15) is 17.4 Å². The van der Waals surface area contributed by atoms with Crippen LogP contribution in [-0.4, -0.2) is 28.8 Å². The average molecular weight is 366 g/mol. The van der Waals surface area contributed by atoms with Gasteiger partial charge in [-0.15, -0.1) is 0 Å². The number of aromatic nitrogens is 3. The Morgan fingerprint density at radius 3 is 2.28 bits per heavy atom. The van der Waals surface area contributed by atoms with Crippen LogP contribution in [0.5, 0.6) is 11.6 Å². The summed E-state index contributed by atoms with van der Waals surface area (Å²) in [6.07, 6.45) is 1.48. The lowest BCUT2D eigenvalue weighted by Crippen LogP contribution is -2.03. The van der Waals surface area contributed by atoms with Crippen molar-refractivity contribution in [1.29, 1.82) is 0 Å². The van der Waals surface area contributed by atoms with E-state index in [1.807, 2.05) is 0 Å². The number of rotatable bonds is 4. The molecule has 130 valence electrons. The highest BCUT2D eigenvalue weighted by molar-refractivity contribution is 6.29. The monoisotopic (exact) mass is 365 g/mol. The highest BCUT2D eigenvalue weighted by atomic mass is 35.5. The Morgan fingerprint density at radius 2 is 1.76 bits per heavy atom. The van der Waals surface area contributed by atoms with E-state index >= 15 is 0 Å². The van der Waals surface area contributed by atoms with Gasteiger partial charge in [0.05, 0.1) is 43.1 Å². The largest absolute Gasteiger partial charge is 0.497 e. The van der Waals surface area contributed by atoms with Crippen molar-refractivity contribution in [3.05, 3.63) is 53.1 Å². The van der Waals surface area contributed by atoms with Gasteiger partial charge in [0.15, 0.2) is 0 Å². The molecular formula is C17H14ClF2N3O2. The Morgan fingerprint density at radius 1 is 1.08 bits per heavy atom. The molecule has 0 saturated heterocycles. The summed E-state index contributed by atoms with van der Waals surface area (Å²) in [6.45, 7) is 1.62. The lowest BCUT2D eigenvalue weighted by Gasteiger charge is -2.13. The zero-order chi connectivity index (χ0) is 18.1. The number of aryl methyl sites for hydroxylation is 1. The van der Waals surface area contributed by atoms with Crippen molar-refractivity contribution in [3.8, 4) is 28.6 Å². The molecule has 0 unspecified atom stereocenters. The molecular weight excluding hydrogens is 352 g/mol. The number of hydrogen-bond acceptors (Lipinski definition) is 4. The van der Waals surface area contributed by atoms with Crippen LogP contribution in [0.2, 0.25) is 5.28 Å². The fourth-order valence-electron chi connectivity index (χ4n) is 2.54. The fourth-order valence-corrected chi connectivity index (χ4v) is 2.85. The van der Waals surface area contributed by atoms with Gasteiger partial charge >= 0.3 is 0 Å². The molecule has 2 heterocycles. The molecule has 25 heavy (non-hydrogen) atoms. The van der Waals surface area contributed by atoms with E-state index in [0.29, 0.717) is 17.3 Å². The van der Waals surface area contributed by atoms with Crippen LogP contribution in [0.15, 0.2) is 30.5 Å². The first-order valence-electron chi connectivity index (χ1n) is 7.25. The molecule has 0 bridgehead atoms. The van der Waals surface area contributed by atoms with E-state index in [1.54, 1.807) is 19.1 Å². The fraction of sp³-hybridized carbons (Fsp3) is 0.176. The predicted octanol–water partition coefficient (Wildman–Crippen LogP) is 4.19. The minimum absolute atomic E-state index is 0.0640. The molecule has 3 aromatic rings. The van der Waals surface area contributed by atoms with Crippen molar-refractivity contribution in [2.24, 2.45) is 0 Å². The van der Waals surface area contributed by atoms with E-state index < -0.39 is 11.6 Å². The first kappa shape index (κ1) is 17.2. The van der Waals surface area contributed by atoms with Gasteiger partial charge in [-0.3, -0.25) is 4.57 Å². The number of hydrogen-bond donors (Lipinski definition) is 0. The Bertz CT molecular complexity index is 903. The number of nitrogens with zero attached hydrogens (tertiary/aromatic N) is 3. The maximum Gasteiger partial charge on any atom is 0.213 e. The number of methoxy groups -OCH3 is 2. The molecule has 0 atom stereocenters. The lowest BCUT2D eigenvalue weighted by molar-refractivity contribution is 0.398. The third-order valence-electron chi connectivity index (χ3n) is 3.69. The topological polar surface area (TPSA) is 49.2 Å². The van der Waals surface area contributed by atoms with E-state index in [-0.39, 0.29) is 22.3 Å². The van der Waals surface area contributed by atoms with Crippen molar-refractivity contribution >= 4 is 11.6 Å². The number of halogens is 3. The maximum absolute atomic E-state index is 14.5. The average Bonchev–Trinajstić information content (AvgIpc) is 2.88. The van der Waals surface area contributed by atoms with Gasteiger partial charge in [-0.1, -0.05) is 0 Å². The third-order valence-corrected chi connectivity index (χ3v) is 3.94. The van der Waals surface area contributed by atoms with Crippen molar-refractivity contribution in [2.75, 3.05) is 14.2 Å². The second kappa shape index (κ2) is 6.68. The van der Waals surface area contributed by atoms with E-state index in [1.165, 1.54) is 25.0 Å². The number of pyridine rings is 1. The summed E-state index contributed by atoms with van der Waals surface area (Å²) < 4.78 is 40.4. The molecule has 0 aliphatic heterocycles. The molecule has 0 aliphatic carbocycles. The molecule has 0 radical (unpaired) electrons. The van der Waals surface area contributed by atoms with Crippen molar-refractivity contribution in [3.63, 3.8) is 0 Å². The summed E-state index contributed by atoms with van der Waals surface area (Å²) in [5.41, 5.74) is 0.836. The summed E-state index contributed by atoms with van der Waals surface area (Å²) in [6, 6.07) is 5.50. The molecule has 3 rings (SSSR count). The molecule has 0 aliphatic rings. The van der Waals surface area contributed by atoms with Crippen molar-refractivity contribution in [1.82, 2.24) is 14.5 Å². The van der Waals surface area contributed by atoms with E-state index in [0.717, 1.165) is 12.1 Å². The van der Waals surface area contributed by atoms with Crippen LogP contribution >= 0.6 is 11.6 Å². The smallest absolute Gasteiger partial charge is 0.213 e. The highest BCUT2D eigenvalue weighted by Gasteiger charge is 2.23. The van der Waals surface area contributed by atoms with Gasteiger partial charge in [-0.25, -0.2) is 18.7 Å². The number of benzene rings is 1. The summed E-state index contributed by atoms with van der Waals surface area (Å²) in [5.74, 6) is -1.07. The van der Waals surface area contributed by atoms with Crippen LogP contribution in [0.25, 0.3) is 16.9 Å². The minimum atomic E-state index is -0.778. The summed E-state index contributed by atoms with van der Waals surface area (Å²) >= 11 is 6.19. The standard InChI is InChI=1S/C17H14ClF2N3O2/c1-9-16(15-12(19)6-11(24-2)7-13(15)20)23(17(18)22-9)10-4-5-14(25-3)21-8-10/h4-8H,1-3H3. The van der Waals surface area contributed by atoms with Gasteiger partial charge in [0, 0.05) is 18.2 Å². The third kappa shape index (κ3) is 3.02. The Kier molecular flexibility index (Phi) is 4.59. The molecule has 5 nitrogen and oxygen atoms in total. The summed E-state index contributed by atoms with van der Waals surface area (Å²) in [5, 5.41) is 0.0640. The van der Waals surface area contributed by atoms with Crippen LogP contribution in [0, 0.1) is 18.6 Å². The van der Waals surface area contributed by atoms with Gasteiger partial charge in [0.2, 0.25) is 11.2 Å². The Balaban J connectivity index is 2.24. The molecule has 0 saturated carbocycles. The van der Waals surface area contributed by atoms with Crippen LogP contribution in [0.4, 0.5) is 8.78 Å². The van der Waals surface area contributed by atoms with Gasteiger partial charge in [-0.05, 0) is 24.6 Å². The number of ether oxygens (including phenoxy) is 2. The van der Waals surface area contributed by atoms with Gasteiger partial charge in [0.25, 0.3) is 0 Å². The van der Waals surface area contributed by atoms with Gasteiger partial charge in [-0.2, -0.15) is 0 Å². The zero-order valence-corrected chi connectivity index (χ0v) is 14.4. The van der Waals surface area contributed by atoms with Gasteiger partial charge < -0.3 is 9.47 Å². The molecule has 0 amide bonds. The first-order valence-corrected chi connectivity index (χ1v) is 7.62. The van der Waals surface area contributed by atoms with Crippen LogP contribution in [0.3, 0.4) is 0 Å². The first-order chi connectivity index (χ1) is 12.0. The van der Waals surface area contributed by atoms with E-state index in [2.05, 4.69) is 9.97 Å². The molecule has 1 aromatic carbocycles. The van der Waals surface area contributed by atoms with Crippen molar-refractivity contribution in [2.45, 2.75) is 6.92 Å². The quantitative estimate of drug-likeness (QED) is 0.695. The minimum Gasteiger partial charge on any atom is -0.497 e. The van der Waals surface area contributed by atoms with Crippen LogP contribution < -0.4 is 9.47 Å². The lowest BCUT2D eigenvalue weighted by atomic mass is 10.1. The number of imidazole rings is 1. The summed E-state index contributed by atoms with van der Waals surface area (Å²) in [4.78, 5) is 8.23. The second-order valence-electron chi connectivity index (χ2n) is 5.18. The SMILES string of the molecule is COc1cc(F)c(-c2c(C)nc(Cl)n2-c2ccc(OC)nc2)c(F)c1. The van der Waals surface area contributed by atoms with Crippen LogP contribution in [0.1, 0.15) is 5.69 Å². The maximum atomic E-state index is 14.5. The normalized spacial score (nSPS) is 10.8. The predicted molar refractivity (Wildman–Crippen MR) is 89.6 cm³/mol. The molecule has 2 aromatic heterocycles. The zero-order valence-electron chi connectivity index (χ0n) is 13.7. The molecule has 0 fully saturated rings. The molecule has 0 spiro atoms. The Hall–Kier alpha value is -2.67. The highest BCUT2D eigenvalue weighted by Crippen LogP contribution is 2.35. The second-order valence-corrected chi connectivity index (χ2v) is 5.51. The van der Waals surface area contributed by atoms with Crippen molar-refractivity contribution < 1.29 is 18.3 Å². The van der Waals surface area contributed by atoms with E-state index in [9.17, 15) is 8.78 Å². The van der Waals surface area contributed by atoms with E-state index in [4.69, 9.17) is 21.1 Å². The molecule has 0 N–H and O–H groups in total. The Labute approximate surface area is 147 Å². The van der Waals surface area contributed by atoms with Crippen LogP contribution in [-0.2, 0) is 0 Å². The molecule has 8 heteroatoms.